The number of hydrogen-bond acceptors (Lipinski definition) is 2. The number of ether oxygens (including phenoxy) is 1. The molecule has 2 nitrogen and oxygen atoms in total. The lowest BCUT2D eigenvalue weighted by Gasteiger charge is -2.06. The minimum absolute atomic E-state index is 0.261. The summed E-state index contributed by atoms with van der Waals surface area (Å²) < 4.78 is 5.19. The van der Waals surface area contributed by atoms with Crippen LogP contribution in [0.3, 0.4) is 0 Å². The molecule has 0 saturated carbocycles. The number of carbonyl (C=O) groups excluding carboxylic acids is 1. The van der Waals surface area contributed by atoms with Gasteiger partial charge in [0.1, 0.15) is 0 Å². The molecule has 0 N–H and O–H groups in total. The maximum atomic E-state index is 11.8. The van der Waals surface area contributed by atoms with Crippen molar-refractivity contribution >= 4 is 12.0 Å². The Balaban J connectivity index is 2.34. The Morgan fingerprint density at radius 1 is 1.00 bits per heavy atom. The first kappa shape index (κ1) is 11.4. The van der Waals surface area contributed by atoms with Gasteiger partial charge in [0.2, 0.25) is 0 Å². The summed E-state index contributed by atoms with van der Waals surface area (Å²) in [6.07, 6.45) is 12.4. The van der Waals surface area contributed by atoms with Crippen molar-refractivity contribution in [1.82, 2.24) is 0 Å². The van der Waals surface area contributed by atoms with Crippen molar-refractivity contribution in [3.05, 3.63) is 65.8 Å². The molecule has 1 aliphatic rings. The van der Waals surface area contributed by atoms with Crippen molar-refractivity contribution < 1.29 is 9.53 Å². The smallest absolute Gasteiger partial charge is 0.338 e. The number of cyclic esters (lactones) is 1. The zero-order valence-electron chi connectivity index (χ0n) is 9.50. The summed E-state index contributed by atoms with van der Waals surface area (Å²) in [4.78, 5) is 11.8. The van der Waals surface area contributed by atoms with Gasteiger partial charge in [0.05, 0.1) is 12.2 Å². The van der Waals surface area contributed by atoms with Gasteiger partial charge >= 0.3 is 5.97 Å². The van der Waals surface area contributed by atoms with E-state index in [1.165, 1.54) is 0 Å². The van der Waals surface area contributed by atoms with E-state index < -0.39 is 0 Å². The molecule has 0 unspecified atom stereocenters. The Morgan fingerprint density at radius 3 is 2.76 bits per heavy atom. The van der Waals surface area contributed by atoms with E-state index in [9.17, 15) is 4.79 Å². The number of esters is 1. The number of fused-ring (bicyclic) bond motifs is 1. The van der Waals surface area contributed by atoms with E-state index in [2.05, 4.69) is 0 Å². The summed E-state index contributed by atoms with van der Waals surface area (Å²) in [6.45, 7) is 0.418. The number of rotatable bonds is 0. The molecule has 1 aromatic carbocycles. The largest absolute Gasteiger partial charge is 0.462 e. The van der Waals surface area contributed by atoms with Crippen LogP contribution in [0.1, 0.15) is 22.3 Å². The Kier molecular flexibility index (Phi) is 3.92. The molecule has 86 valence electrons. The third-order valence-corrected chi connectivity index (χ3v) is 2.44. The summed E-state index contributed by atoms with van der Waals surface area (Å²) in [6, 6.07) is 7.44. The van der Waals surface area contributed by atoms with Crippen LogP contribution in [0.4, 0.5) is 0 Å². The second kappa shape index (κ2) is 5.85. The van der Waals surface area contributed by atoms with Crippen molar-refractivity contribution in [1.29, 1.82) is 0 Å². The van der Waals surface area contributed by atoms with E-state index in [4.69, 9.17) is 4.74 Å². The monoisotopic (exact) mass is 226 g/mol. The average Bonchev–Trinajstić information content (AvgIpc) is 2.35. The van der Waals surface area contributed by atoms with Gasteiger partial charge in [-0.3, -0.25) is 0 Å². The summed E-state index contributed by atoms with van der Waals surface area (Å²) in [7, 11) is 0. The lowest BCUT2D eigenvalue weighted by Crippen LogP contribution is -2.07. The van der Waals surface area contributed by atoms with Crippen molar-refractivity contribution in [2.45, 2.75) is 6.42 Å². The normalized spacial score (nSPS) is 21.3. The molecule has 0 aliphatic carbocycles. The molecule has 2 rings (SSSR count). The second-order valence-corrected chi connectivity index (χ2v) is 3.68. The van der Waals surface area contributed by atoms with Crippen LogP contribution in [0.5, 0.6) is 0 Å². The highest BCUT2D eigenvalue weighted by molar-refractivity contribution is 5.93. The molecule has 0 fully saturated rings. The second-order valence-electron chi connectivity index (χ2n) is 3.68. The van der Waals surface area contributed by atoms with Crippen LogP contribution in [0.2, 0.25) is 0 Å². The summed E-state index contributed by atoms with van der Waals surface area (Å²) in [5.74, 6) is -0.261. The van der Waals surface area contributed by atoms with Gasteiger partial charge in [-0.2, -0.15) is 0 Å². The van der Waals surface area contributed by atoms with Gasteiger partial charge in [-0.05, 0) is 18.1 Å². The number of benzene rings is 1. The molecule has 0 radical (unpaired) electrons. The molecule has 0 spiro atoms. The molecule has 0 amide bonds. The van der Waals surface area contributed by atoms with Crippen molar-refractivity contribution in [2.75, 3.05) is 6.61 Å². The van der Waals surface area contributed by atoms with Gasteiger partial charge in [0.25, 0.3) is 0 Å². The van der Waals surface area contributed by atoms with Gasteiger partial charge < -0.3 is 4.74 Å². The molecule has 0 atom stereocenters. The summed E-state index contributed by atoms with van der Waals surface area (Å²) >= 11 is 0. The third kappa shape index (κ3) is 3.18. The van der Waals surface area contributed by atoms with Crippen LogP contribution >= 0.6 is 0 Å². The fourth-order valence-electron chi connectivity index (χ4n) is 1.59. The third-order valence-electron chi connectivity index (χ3n) is 2.44. The maximum absolute atomic E-state index is 11.8. The van der Waals surface area contributed by atoms with Gasteiger partial charge in [0.15, 0.2) is 0 Å². The molecular weight excluding hydrogens is 212 g/mol. The Morgan fingerprint density at radius 2 is 1.82 bits per heavy atom. The average molecular weight is 226 g/mol. The molecule has 1 aromatic rings. The van der Waals surface area contributed by atoms with E-state index in [1.807, 2.05) is 54.7 Å². The zero-order chi connectivity index (χ0) is 11.9. The van der Waals surface area contributed by atoms with Crippen LogP contribution in [0.25, 0.3) is 6.08 Å². The molecular formula is C15H14O2. The van der Waals surface area contributed by atoms with E-state index in [-0.39, 0.29) is 5.97 Å². The van der Waals surface area contributed by atoms with Crippen molar-refractivity contribution in [3.63, 3.8) is 0 Å². The van der Waals surface area contributed by atoms with Crippen molar-refractivity contribution in [3.8, 4) is 0 Å². The van der Waals surface area contributed by atoms with Crippen LogP contribution in [-0.2, 0) is 4.74 Å². The molecule has 0 bridgehead atoms. The lowest BCUT2D eigenvalue weighted by molar-refractivity contribution is 0.0511. The van der Waals surface area contributed by atoms with Gasteiger partial charge in [-0.15, -0.1) is 0 Å². The predicted molar refractivity (Wildman–Crippen MR) is 68.7 cm³/mol. The molecule has 1 aliphatic heterocycles. The first-order chi connectivity index (χ1) is 8.38. The first-order valence-electron chi connectivity index (χ1n) is 5.64. The molecule has 1 heterocycles. The van der Waals surface area contributed by atoms with Gasteiger partial charge in [-0.1, -0.05) is 54.7 Å². The zero-order valence-corrected chi connectivity index (χ0v) is 9.50. The molecule has 0 aromatic heterocycles. The van der Waals surface area contributed by atoms with Crippen molar-refractivity contribution in [2.24, 2.45) is 0 Å². The summed E-state index contributed by atoms with van der Waals surface area (Å²) in [5, 5.41) is 0. The Hall–Kier alpha value is -2.09. The Bertz CT molecular complexity index is 481. The number of hydrogen-bond donors (Lipinski definition) is 0. The fourth-order valence-corrected chi connectivity index (χ4v) is 1.59. The van der Waals surface area contributed by atoms with E-state index >= 15 is 0 Å². The number of carbonyl (C=O) groups is 1. The number of allylic oxidation sites excluding steroid dienone is 4. The van der Waals surface area contributed by atoms with Crippen LogP contribution < -0.4 is 0 Å². The van der Waals surface area contributed by atoms with Crippen LogP contribution in [-0.4, -0.2) is 12.6 Å². The highest BCUT2D eigenvalue weighted by Crippen LogP contribution is 2.13. The molecule has 2 heteroatoms. The molecule has 0 saturated heterocycles. The highest BCUT2D eigenvalue weighted by Gasteiger charge is 2.09. The van der Waals surface area contributed by atoms with Crippen LogP contribution in [0, 0.1) is 0 Å². The quantitative estimate of drug-likeness (QED) is 0.634. The minimum atomic E-state index is -0.261. The maximum Gasteiger partial charge on any atom is 0.338 e. The topological polar surface area (TPSA) is 26.3 Å². The minimum Gasteiger partial charge on any atom is -0.462 e. The first-order valence-corrected chi connectivity index (χ1v) is 5.64. The Labute approximate surface area is 101 Å². The van der Waals surface area contributed by atoms with Crippen LogP contribution in [0.15, 0.2) is 54.6 Å². The lowest BCUT2D eigenvalue weighted by atomic mass is 10.1. The van der Waals surface area contributed by atoms with E-state index in [0.29, 0.717) is 12.2 Å². The highest BCUT2D eigenvalue weighted by atomic mass is 16.5. The standard InChI is InChI=1S/C15H14O2/c16-15-14-11-7-6-10-13(14)9-5-3-1-2-4-8-12-17-15/h1-7,9-11H,8,12H2/b3-1+,4-2-,9-5+. The summed E-state index contributed by atoms with van der Waals surface area (Å²) in [5.41, 5.74) is 1.49. The SMILES string of the molecule is O=C1OCC\C=C/C=C/C=C/c2ccccc21. The molecule has 17 heavy (non-hydrogen) atoms. The van der Waals surface area contributed by atoms with E-state index in [1.54, 1.807) is 6.07 Å². The van der Waals surface area contributed by atoms with Gasteiger partial charge in [-0.25, -0.2) is 4.79 Å². The predicted octanol–water partition coefficient (Wildman–Crippen LogP) is 3.37. The van der Waals surface area contributed by atoms with E-state index in [0.717, 1.165) is 12.0 Å². The fraction of sp³-hybridized carbons (Fsp3) is 0.133. The van der Waals surface area contributed by atoms with Gasteiger partial charge in [0, 0.05) is 0 Å².